The second-order valence-corrected chi connectivity index (χ2v) is 5.64. The van der Waals surface area contributed by atoms with Crippen LogP contribution in [-0.2, 0) is 9.59 Å². The molecule has 0 amide bonds. The lowest BCUT2D eigenvalue weighted by molar-refractivity contribution is -0.142. The van der Waals surface area contributed by atoms with Gasteiger partial charge >= 0.3 is 5.97 Å². The Hall–Kier alpha value is -0.860. The van der Waals surface area contributed by atoms with E-state index >= 15 is 0 Å². The first-order valence-electron chi connectivity index (χ1n) is 6.93. The molecule has 0 bridgehead atoms. The van der Waals surface area contributed by atoms with Gasteiger partial charge in [-0.15, -0.1) is 0 Å². The summed E-state index contributed by atoms with van der Waals surface area (Å²) in [6, 6.07) is 0. The fourth-order valence-electron chi connectivity index (χ4n) is 3.79. The summed E-state index contributed by atoms with van der Waals surface area (Å²) in [6.45, 7) is 0. The summed E-state index contributed by atoms with van der Waals surface area (Å²) >= 11 is 0. The summed E-state index contributed by atoms with van der Waals surface area (Å²) in [7, 11) is 0. The summed E-state index contributed by atoms with van der Waals surface area (Å²) < 4.78 is 0. The van der Waals surface area contributed by atoms with Crippen LogP contribution in [0.3, 0.4) is 0 Å². The number of hydrogen-bond donors (Lipinski definition) is 1. The maximum absolute atomic E-state index is 12.0. The van der Waals surface area contributed by atoms with Crippen molar-refractivity contribution in [3.8, 4) is 0 Å². The van der Waals surface area contributed by atoms with Gasteiger partial charge in [0.15, 0.2) is 0 Å². The van der Waals surface area contributed by atoms with Gasteiger partial charge < -0.3 is 5.11 Å². The predicted molar refractivity (Wildman–Crippen MR) is 64.7 cm³/mol. The number of carboxylic acid groups (broad SMARTS) is 1. The van der Waals surface area contributed by atoms with Crippen LogP contribution in [-0.4, -0.2) is 16.9 Å². The van der Waals surface area contributed by atoms with Crippen LogP contribution in [0.25, 0.3) is 0 Å². The quantitative estimate of drug-likeness (QED) is 0.769. The van der Waals surface area contributed by atoms with E-state index in [0.29, 0.717) is 11.8 Å². The van der Waals surface area contributed by atoms with E-state index in [2.05, 4.69) is 0 Å². The van der Waals surface area contributed by atoms with Crippen molar-refractivity contribution in [2.24, 2.45) is 17.8 Å². The minimum atomic E-state index is -0.966. The molecule has 3 nitrogen and oxygen atoms in total. The molecule has 2 saturated carbocycles. The molecular formula is C14H22O3. The molecule has 0 spiro atoms. The van der Waals surface area contributed by atoms with E-state index in [-0.39, 0.29) is 18.1 Å². The van der Waals surface area contributed by atoms with Gasteiger partial charge in [0, 0.05) is 5.92 Å². The average Bonchev–Trinajstić information content (AvgIpc) is 2.50. The van der Waals surface area contributed by atoms with Gasteiger partial charge in [0.25, 0.3) is 0 Å². The van der Waals surface area contributed by atoms with Crippen molar-refractivity contribution < 1.29 is 14.7 Å². The Labute approximate surface area is 103 Å². The molecule has 0 aromatic rings. The first-order valence-corrected chi connectivity index (χ1v) is 6.93. The number of carbonyl (C=O) groups is 2. The number of Topliss-reactive ketones (excluding diaryl/α,β-unsaturated/α-hetero) is 1. The van der Waals surface area contributed by atoms with Crippen LogP contribution in [0.1, 0.15) is 57.8 Å². The second kappa shape index (κ2) is 5.65. The fourth-order valence-corrected chi connectivity index (χ4v) is 3.79. The van der Waals surface area contributed by atoms with Crippen LogP contribution in [0.4, 0.5) is 0 Å². The van der Waals surface area contributed by atoms with Crippen molar-refractivity contribution in [1.29, 1.82) is 0 Å². The van der Waals surface area contributed by atoms with Crippen LogP contribution in [0, 0.1) is 17.8 Å². The highest BCUT2D eigenvalue weighted by Crippen LogP contribution is 2.43. The lowest BCUT2D eigenvalue weighted by Gasteiger charge is -2.34. The minimum absolute atomic E-state index is 0.0173. The molecule has 96 valence electrons. The zero-order valence-electron chi connectivity index (χ0n) is 10.4. The molecule has 17 heavy (non-hydrogen) atoms. The van der Waals surface area contributed by atoms with E-state index in [4.69, 9.17) is 5.11 Å². The lowest BCUT2D eigenvalue weighted by atomic mass is 9.70. The van der Waals surface area contributed by atoms with Gasteiger partial charge in [0.1, 0.15) is 12.2 Å². The van der Waals surface area contributed by atoms with Gasteiger partial charge in [-0.05, 0) is 24.7 Å². The van der Waals surface area contributed by atoms with Crippen molar-refractivity contribution in [1.82, 2.24) is 0 Å². The summed E-state index contributed by atoms with van der Waals surface area (Å²) in [5, 5.41) is 8.76. The Balaban J connectivity index is 2.06. The Morgan fingerprint density at radius 2 is 1.53 bits per heavy atom. The van der Waals surface area contributed by atoms with Crippen LogP contribution in [0.2, 0.25) is 0 Å². The third kappa shape index (κ3) is 3.08. The first-order chi connectivity index (χ1) is 8.18. The standard InChI is InChI=1S/C14H22O3/c15-13(9-14(16)17)12-8-4-2-6-10-5-1-3-7-11(10)12/h10-12H,1-9H2,(H,16,17). The molecule has 2 rings (SSSR count). The van der Waals surface area contributed by atoms with Crippen molar-refractivity contribution in [3.63, 3.8) is 0 Å². The second-order valence-electron chi connectivity index (χ2n) is 5.64. The number of aliphatic carboxylic acids is 1. The SMILES string of the molecule is O=C(O)CC(=O)C1CCCCC2CCCCC21. The molecule has 3 atom stereocenters. The maximum atomic E-state index is 12.0. The van der Waals surface area contributed by atoms with Gasteiger partial charge in [0.2, 0.25) is 0 Å². The zero-order chi connectivity index (χ0) is 12.3. The number of carbonyl (C=O) groups excluding carboxylic acids is 1. The van der Waals surface area contributed by atoms with Gasteiger partial charge in [-0.2, -0.15) is 0 Å². The van der Waals surface area contributed by atoms with E-state index < -0.39 is 5.97 Å². The molecular weight excluding hydrogens is 216 g/mol. The predicted octanol–water partition coefficient (Wildman–Crippen LogP) is 3.03. The first kappa shape index (κ1) is 12.6. The molecule has 0 radical (unpaired) electrons. The Bertz CT molecular complexity index is 298. The van der Waals surface area contributed by atoms with Crippen LogP contribution >= 0.6 is 0 Å². The monoisotopic (exact) mass is 238 g/mol. The van der Waals surface area contributed by atoms with E-state index in [1.165, 1.54) is 32.1 Å². The minimum Gasteiger partial charge on any atom is -0.481 e. The third-order valence-corrected chi connectivity index (χ3v) is 4.56. The molecule has 2 aliphatic carbocycles. The maximum Gasteiger partial charge on any atom is 0.310 e. The molecule has 0 aromatic heterocycles. The van der Waals surface area contributed by atoms with Gasteiger partial charge in [0.05, 0.1) is 0 Å². The van der Waals surface area contributed by atoms with Crippen LogP contribution in [0.15, 0.2) is 0 Å². The average molecular weight is 238 g/mol. The molecule has 0 aliphatic heterocycles. The number of carboxylic acids is 1. The van der Waals surface area contributed by atoms with E-state index in [0.717, 1.165) is 19.3 Å². The molecule has 1 N–H and O–H groups in total. The summed E-state index contributed by atoms with van der Waals surface area (Å²) in [5.74, 6) is 0.230. The van der Waals surface area contributed by atoms with Crippen molar-refractivity contribution >= 4 is 11.8 Å². The molecule has 3 unspecified atom stereocenters. The van der Waals surface area contributed by atoms with Crippen molar-refractivity contribution in [2.75, 3.05) is 0 Å². The highest BCUT2D eigenvalue weighted by molar-refractivity contribution is 5.96. The Morgan fingerprint density at radius 3 is 2.18 bits per heavy atom. The molecule has 2 aliphatic rings. The largest absolute Gasteiger partial charge is 0.481 e. The van der Waals surface area contributed by atoms with Crippen LogP contribution < -0.4 is 0 Å². The zero-order valence-corrected chi connectivity index (χ0v) is 10.4. The Kier molecular flexibility index (Phi) is 4.19. The molecule has 0 heterocycles. The van der Waals surface area contributed by atoms with Crippen molar-refractivity contribution in [3.05, 3.63) is 0 Å². The van der Waals surface area contributed by atoms with E-state index in [1.807, 2.05) is 0 Å². The highest BCUT2D eigenvalue weighted by Gasteiger charge is 2.37. The van der Waals surface area contributed by atoms with E-state index in [9.17, 15) is 9.59 Å². The fraction of sp³-hybridized carbons (Fsp3) is 0.857. The number of hydrogen-bond acceptors (Lipinski definition) is 2. The van der Waals surface area contributed by atoms with Gasteiger partial charge in [-0.25, -0.2) is 0 Å². The summed E-state index contributed by atoms with van der Waals surface area (Å²) in [6.07, 6.45) is 9.13. The third-order valence-electron chi connectivity index (χ3n) is 4.56. The number of ketones is 1. The molecule has 3 heteroatoms. The Morgan fingerprint density at radius 1 is 0.941 bits per heavy atom. The molecule has 0 saturated heterocycles. The highest BCUT2D eigenvalue weighted by atomic mass is 16.4. The molecule has 2 fully saturated rings. The van der Waals surface area contributed by atoms with Gasteiger partial charge in [-0.1, -0.05) is 38.5 Å². The molecule has 0 aromatic carbocycles. The normalized spacial score (nSPS) is 33.5. The topological polar surface area (TPSA) is 54.4 Å². The smallest absolute Gasteiger partial charge is 0.310 e. The van der Waals surface area contributed by atoms with Crippen molar-refractivity contribution in [2.45, 2.75) is 57.8 Å². The van der Waals surface area contributed by atoms with Gasteiger partial charge in [-0.3, -0.25) is 9.59 Å². The lowest BCUT2D eigenvalue weighted by Crippen LogP contribution is -2.31. The number of rotatable bonds is 3. The summed E-state index contributed by atoms with van der Waals surface area (Å²) in [5.41, 5.74) is 0. The van der Waals surface area contributed by atoms with Crippen LogP contribution in [0.5, 0.6) is 0 Å². The summed E-state index contributed by atoms with van der Waals surface area (Å²) in [4.78, 5) is 22.7. The number of fused-ring (bicyclic) bond motifs is 1. The van der Waals surface area contributed by atoms with E-state index in [1.54, 1.807) is 0 Å².